The number of rotatable bonds is 8. The normalized spacial score (nSPS) is 11.5. The summed E-state index contributed by atoms with van der Waals surface area (Å²) in [7, 11) is 0. The number of thiophene rings is 1. The fourth-order valence-corrected chi connectivity index (χ4v) is 4.98. The number of aryl methyl sites for hydroxylation is 1. The summed E-state index contributed by atoms with van der Waals surface area (Å²) in [5, 5.41) is 3.76. The minimum absolute atomic E-state index is 0.198. The Labute approximate surface area is 214 Å². The third-order valence-electron chi connectivity index (χ3n) is 5.64. The van der Waals surface area contributed by atoms with Gasteiger partial charge >= 0.3 is 5.97 Å². The zero-order chi connectivity index (χ0) is 24.8. The van der Waals surface area contributed by atoms with Gasteiger partial charge in [-0.3, -0.25) is 4.79 Å². The van der Waals surface area contributed by atoms with E-state index in [2.05, 4.69) is 40.4 Å². The Hall–Kier alpha value is -3.33. The fraction of sp³-hybridized carbons (Fsp3) is 0.241. The van der Waals surface area contributed by atoms with Crippen molar-refractivity contribution in [3.63, 3.8) is 0 Å². The number of fused-ring (bicyclic) bond motifs is 1. The molecule has 4 aromatic rings. The van der Waals surface area contributed by atoms with E-state index < -0.39 is 0 Å². The maximum Gasteiger partial charge on any atom is 0.307 e. The maximum absolute atomic E-state index is 11.9. The number of benzene rings is 2. The molecule has 0 fully saturated rings. The number of esters is 1. The number of hydrogen-bond donors (Lipinski definition) is 0. The van der Waals surface area contributed by atoms with Crippen LogP contribution in [0.5, 0.6) is 5.75 Å². The van der Waals surface area contributed by atoms with Gasteiger partial charge in [0.2, 0.25) is 0 Å². The van der Waals surface area contributed by atoms with Gasteiger partial charge in [-0.1, -0.05) is 41.8 Å². The van der Waals surface area contributed by atoms with Crippen molar-refractivity contribution in [2.24, 2.45) is 0 Å². The Balaban J connectivity index is 1.49. The SMILES string of the molecule is CC#C[C@@H](CC(=O)OCC)c1ccc(OCc2ccc3scc(-c4nc(Cl)ccc4C)c3c2)cc1. The van der Waals surface area contributed by atoms with Crippen LogP contribution in [0.1, 0.15) is 42.9 Å². The van der Waals surface area contributed by atoms with Gasteiger partial charge in [0.15, 0.2) is 0 Å². The molecule has 0 aliphatic rings. The summed E-state index contributed by atoms with van der Waals surface area (Å²) in [6.07, 6.45) is 0.235. The number of pyridine rings is 1. The Kier molecular flexibility index (Phi) is 8.07. The van der Waals surface area contributed by atoms with Gasteiger partial charge in [-0.2, -0.15) is 0 Å². The summed E-state index contributed by atoms with van der Waals surface area (Å²) in [5.41, 5.74) is 5.11. The van der Waals surface area contributed by atoms with Gasteiger partial charge in [0.1, 0.15) is 17.5 Å². The van der Waals surface area contributed by atoms with Crippen LogP contribution in [0, 0.1) is 18.8 Å². The van der Waals surface area contributed by atoms with Crippen molar-refractivity contribution in [3.05, 3.63) is 81.8 Å². The summed E-state index contributed by atoms with van der Waals surface area (Å²) in [5.74, 6) is 6.33. The Morgan fingerprint density at radius 1 is 1.14 bits per heavy atom. The lowest BCUT2D eigenvalue weighted by atomic mass is 9.96. The largest absolute Gasteiger partial charge is 0.489 e. The molecule has 0 spiro atoms. The van der Waals surface area contributed by atoms with E-state index in [0.29, 0.717) is 18.4 Å². The van der Waals surface area contributed by atoms with E-state index in [9.17, 15) is 4.79 Å². The van der Waals surface area contributed by atoms with Crippen LogP contribution in [-0.4, -0.2) is 17.6 Å². The first kappa shape index (κ1) is 24.8. The first-order chi connectivity index (χ1) is 17.0. The number of carbonyl (C=O) groups is 1. The highest BCUT2D eigenvalue weighted by Gasteiger charge is 2.15. The standard InChI is InChI=1S/C29H26ClNO3S/c1-4-6-22(16-28(32)33-5-2)21-9-11-23(12-10-21)34-17-20-8-13-26-24(15-20)25(18-35-26)29-19(3)7-14-27(30)31-29/h7-15,18,22H,5,16-17H2,1-3H3/t22-/m0/s1. The Morgan fingerprint density at radius 2 is 1.94 bits per heavy atom. The van der Waals surface area contributed by atoms with E-state index in [-0.39, 0.29) is 18.3 Å². The lowest BCUT2D eigenvalue weighted by Gasteiger charge is -2.12. The Morgan fingerprint density at radius 3 is 2.69 bits per heavy atom. The molecule has 35 heavy (non-hydrogen) atoms. The number of aromatic nitrogens is 1. The number of halogens is 1. The van der Waals surface area contributed by atoms with Crippen LogP contribution in [0.2, 0.25) is 5.15 Å². The molecule has 1 atom stereocenters. The van der Waals surface area contributed by atoms with Gasteiger partial charge in [-0.25, -0.2) is 4.98 Å². The second kappa shape index (κ2) is 11.4. The highest BCUT2D eigenvalue weighted by atomic mass is 35.5. The van der Waals surface area contributed by atoms with Crippen LogP contribution >= 0.6 is 22.9 Å². The highest BCUT2D eigenvalue weighted by Crippen LogP contribution is 2.36. The monoisotopic (exact) mass is 503 g/mol. The summed E-state index contributed by atoms with van der Waals surface area (Å²) in [6.45, 7) is 6.42. The van der Waals surface area contributed by atoms with Crippen molar-refractivity contribution in [3.8, 4) is 28.8 Å². The van der Waals surface area contributed by atoms with Crippen LogP contribution in [-0.2, 0) is 16.1 Å². The molecule has 4 nitrogen and oxygen atoms in total. The summed E-state index contributed by atoms with van der Waals surface area (Å²) in [6, 6.07) is 17.9. The second-order valence-corrected chi connectivity index (χ2v) is 9.39. The van der Waals surface area contributed by atoms with Gasteiger partial charge in [0, 0.05) is 21.0 Å². The van der Waals surface area contributed by atoms with E-state index in [1.807, 2.05) is 43.3 Å². The molecule has 2 heterocycles. The van der Waals surface area contributed by atoms with Crippen molar-refractivity contribution >= 4 is 39.0 Å². The van der Waals surface area contributed by atoms with Gasteiger partial charge in [0.25, 0.3) is 0 Å². The number of ether oxygens (including phenoxy) is 2. The third kappa shape index (κ3) is 6.03. The molecule has 2 aromatic carbocycles. The van der Waals surface area contributed by atoms with E-state index >= 15 is 0 Å². The highest BCUT2D eigenvalue weighted by molar-refractivity contribution is 7.17. The van der Waals surface area contributed by atoms with E-state index in [1.54, 1.807) is 25.2 Å². The van der Waals surface area contributed by atoms with Crippen LogP contribution < -0.4 is 4.74 Å². The number of carbonyl (C=O) groups excluding carboxylic acids is 1. The van der Waals surface area contributed by atoms with E-state index in [1.165, 1.54) is 4.70 Å². The molecule has 6 heteroatoms. The van der Waals surface area contributed by atoms with Crippen LogP contribution in [0.3, 0.4) is 0 Å². The third-order valence-corrected chi connectivity index (χ3v) is 6.81. The van der Waals surface area contributed by atoms with E-state index in [0.717, 1.165) is 39.1 Å². The molecular formula is C29H26ClNO3S. The second-order valence-electron chi connectivity index (χ2n) is 8.09. The first-order valence-corrected chi connectivity index (χ1v) is 12.7. The molecule has 178 valence electrons. The van der Waals surface area contributed by atoms with Gasteiger partial charge in [0.05, 0.1) is 24.6 Å². The number of nitrogens with zero attached hydrogens (tertiary/aromatic N) is 1. The lowest BCUT2D eigenvalue weighted by Crippen LogP contribution is -2.09. The average molecular weight is 504 g/mol. The average Bonchev–Trinajstić information content (AvgIpc) is 3.27. The van der Waals surface area contributed by atoms with Crippen molar-refractivity contribution in [1.29, 1.82) is 0 Å². The molecule has 0 aliphatic carbocycles. The molecule has 0 unspecified atom stereocenters. The van der Waals surface area contributed by atoms with Gasteiger partial charge in [-0.15, -0.1) is 17.3 Å². The smallest absolute Gasteiger partial charge is 0.307 e. The predicted molar refractivity (Wildman–Crippen MR) is 143 cm³/mol. The maximum atomic E-state index is 11.9. The van der Waals surface area contributed by atoms with Crippen LogP contribution in [0.15, 0.2) is 60.0 Å². The lowest BCUT2D eigenvalue weighted by molar-refractivity contribution is -0.143. The van der Waals surface area contributed by atoms with Crippen LogP contribution in [0.25, 0.3) is 21.3 Å². The van der Waals surface area contributed by atoms with Crippen molar-refractivity contribution in [2.75, 3.05) is 6.61 Å². The van der Waals surface area contributed by atoms with Crippen molar-refractivity contribution in [2.45, 2.75) is 39.7 Å². The summed E-state index contributed by atoms with van der Waals surface area (Å²) < 4.78 is 12.3. The molecule has 0 radical (unpaired) electrons. The molecule has 0 bridgehead atoms. The molecular weight excluding hydrogens is 478 g/mol. The molecule has 4 rings (SSSR count). The topological polar surface area (TPSA) is 48.4 Å². The van der Waals surface area contributed by atoms with Crippen LogP contribution in [0.4, 0.5) is 0 Å². The fourth-order valence-electron chi connectivity index (χ4n) is 3.90. The summed E-state index contributed by atoms with van der Waals surface area (Å²) in [4.78, 5) is 16.5. The molecule has 0 amide bonds. The molecule has 2 aromatic heterocycles. The zero-order valence-corrected chi connectivity index (χ0v) is 21.5. The van der Waals surface area contributed by atoms with Gasteiger partial charge in [-0.05, 0) is 67.8 Å². The quantitative estimate of drug-likeness (QED) is 0.141. The first-order valence-electron chi connectivity index (χ1n) is 11.4. The van der Waals surface area contributed by atoms with Crippen molar-refractivity contribution in [1.82, 2.24) is 4.98 Å². The predicted octanol–water partition coefficient (Wildman–Crippen LogP) is 7.56. The van der Waals surface area contributed by atoms with Crippen molar-refractivity contribution < 1.29 is 14.3 Å². The zero-order valence-electron chi connectivity index (χ0n) is 19.9. The Bertz CT molecular complexity index is 1400. The number of hydrogen-bond acceptors (Lipinski definition) is 5. The minimum Gasteiger partial charge on any atom is -0.489 e. The summed E-state index contributed by atoms with van der Waals surface area (Å²) >= 11 is 7.86. The minimum atomic E-state index is -0.244. The molecule has 0 saturated heterocycles. The molecule has 0 N–H and O–H groups in total. The molecule has 0 saturated carbocycles. The van der Waals surface area contributed by atoms with E-state index in [4.69, 9.17) is 21.1 Å². The van der Waals surface area contributed by atoms with Gasteiger partial charge < -0.3 is 9.47 Å². The molecule has 0 aliphatic heterocycles.